The van der Waals surface area contributed by atoms with Crippen molar-refractivity contribution in [1.29, 1.82) is 0 Å². The lowest BCUT2D eigenvalue weighted by molar-refractivity contribution is -0.115. The van der Waals surface area contributed by atoms with Crippen molar-refractivity contribution in [2.24, 2.45) is 5.10 Å². The van der Waals surface area contributed by atoms with Gasteiger partial charge >= 0.3 is 0 Å². The van der Waals surface area contributed by atoms with Gasteiger partial charge in [0, 0.05) is 10.7 Å². The Morgan fingerprint density at radius 3 is 2.48 bits per heavy atom. The SMILES string of the molecule is C/C(CC(=O)Nc1cc(Cl)ccc1Cl)=N/NC(=O)c1ccccc1Cl. The quantitative estimate of drug-likeness (QED) is 0.562. The number of amides is 2. The zero-order valence-electron chi connectivity index (χ0n) is 13.1. The van der Waals surface area contributed by atoms with Crippen molar-refractivity contribution in [3.8, 4) is 0 Å². The fourth-order valence-electron chi connectivity index (χ4n) is 1.91. The molecule has 0 fully saturated rings. The lowest BCUT2D eigenvalue weighted by Gasteiger charge is -2.08. The molecule has 0 spiro atoms. The molecule has 0 aromatic heterocycles. The summed E-state index contributed by atoms with van der Waals surface area (Å²) in [6.45, 7) is 1.62. The molecule has 2 aromatic carbocycles. The summed E-state index contributed by atoms with van der Waals surface area (Å²) in [5.74, 6) is -0.791. The van der Waals surface area contributed by atoms with Gasteiger partial charge in [0.25, 0.3) is 5.91 Å². The van der Waals surface area contributed by atoms with E-state index in [9.17, 15) is 9.59 Å². The number of carbonyl (C=O) groups is 2. The van der Waals surface area contributed by atoms with Crippen LogP contribution in [0.3, 0.4) is 0 Å². The van der Waals surface area contributed by atoms with E-state index in [1.165, 1.54) is 0 Å². The molecule has 0 aliphatic carbocycles. The molecule has 0 aliphatic rings. The first-order valence-corrected chi connectivity index (χ1v) is 8.33. The van der Waals surface area contributed by atoms with E-state index in [2.05, 4.69) is 15.8 Å². The van der Waals surface area contributed by atoms with Gasteiger partial charge in [-0.05, 0) is 37.3 Å². The largest absolute Gasteiger partial charge is 0.324 e. The first-order valence-electron chi connectivity index (χ1n) is 7.19. The number of hydrazone groups is 1. The predicted octanol–water partition coefficient (Wildman–Crippen LogP) is 4.78. The van der Waals surface area contributed by atoms with E-state index in [1.807, 2.05) is 0 Å². The van der Waals surface area contributed by atoms with Crippen molar-refractivity contribution in [2.45, 2.75) is 13.3 Å². The fourth-order valence-corrected chi connectivity index (χ4v) is 2.47. The highest BCUT2D eigenvalue weighted by atomic mass is 35.5. The highest BCUT2D eigenvalue weighted by Gasteiger charge is 2.10. The summed E-state index contributed by atoms with van der Waals surface area (Å²) in [6.07, 6.45) is -0.0222. The molecule has 130 valence electrons. The van der Waals surface area contributed by atoms with E-state index in [0.717, 1.165) is 0 Å². The number of nitrogens with zero attached hydrogens (tertiary/aromatic N) is 1. The molecule has 0 radical (unpaired) electrons. The van der Waals surface area contributed by atoms with Crippen molar-refractivity contribution in [3.63, 3.8) is 0 Å². The maximum atomic E-state index is 12.0. The Hall–Kier alpha value is -2.08. The van der Waals surface area contributed by atoms with Crippen molar-refractivity contribution in [2.75, 3.05) is 5.32 Å². The van der Waals surface area contributed by atoms with Gasteiger partial charge in [-0.1, -0.05) is 46.9 Å². The maximum Gasteiger partial charge on any atom is 0.272 e. The molecule has 0 heterocycles. The summed E-state index contributed by atoms with van der Waals surface area (Å²) in [7, 11) is 0. The number of carbonyl (C=O) groups excluding carboxylic acids is 2. The van der Waals surface area contributed by atoms with Crippen molar-refractivity contribution < 1.29 is 9.59 Å². The standard InChI is InChI=1S/C17H14Cl3N3O2/c1-10(22-23-17(25)12-4-2-3-5-13(12)19)8-16(24)21-15-9-11(18)6-7-14(15)20/h2-7,9H,8H2,1H3,(H,21,24)(H,23,25)/b22-10-. The molecule has 5 nitrogen and oxygen atoms in total. The van der Waals surface area contributed by atoms with Gasteiger partial charge in [0.15, 0.2) is 0 Å². The zero-order chi connectivity index (χ0) is 18.4. The molecule has 0 saturated heterocycles. The molecular formula is C17H14Cl3N3O2. The average Bonchev–Trinajstić information content (AvgIpc) is 2.56. The van der Waals surface area contributed by atoms with Crippen LogP contribution in [-0.4, -0.2) is 17.5 Å². The monoisotopic (exact) mass is 397 g/mol. The molecule has 0 saturated carbocycles. The van der Waals surface area contributed by atoms with Crippen LogP contribution >= 0.6 is 34.8 Å². The fraction of sp³-hybridized carbons (Fsp3) is 0.118. The summed E-state index contributed by atoms with van der Waals surface area (Å²) in [5.41, 5.74) is 3.49. The van der Waals surface area contributed by atoms with E-state index in [1.54, 1.807) is 49.4 Å². The van der Waals surface area contributed by atoms with E-state index in [4.69, 9.17) is 34.8 Å². The molecule has 2 aromatic rings. The molecule has 0 unspecified atom stereocenters. The van der Waals surface area contributed by atoms with Crippen LogP contribution in [0.1, 0.15) is 23.7 Å². The molecule has 0 aliphatic heterocycles. The van der Waals surface area contributed by atoms with Crippen molar-refractivity contribution in [3.05, 3.63) is 63.1 Å². The molecular weight excluding hydrogens is 385 g/mol. The molecule has 25 heavy (non-hydrogen) atoms. The lowest BCUT2D eigenvalue weighted by atomic mass is 10.2. The molecule has 2 amide bonds. The van der Waals surface area contributed by atoms with Crippen LogP contribution in [0.4, 0.5) is 5.69 Å². The minimum atomic E-state index is -0.455. The van der Waals surface area contributed by atoms with Gasteiger partial charge < -0.3 is 5.32 Å². The third kappa shape index (κ3) is 5.74. The summed E-state index contributed by atoms with van der Waals surface area (Å²) in [4.78, 5) is 24.0. The number of halogens is 3. The van der Waals surface area contributed by atoms with Crippen molar-refractivity contribution in [1.82, 2.24) is 5.43 Å². The van der Waals surface area contributed by atoms with Crippen LogP contribution in [0.15, 0.2) is 47.6 Å². The number of anilines is 1. The third-order valence-electron chi connectivity index (χ3n) is 3.09. The van der Waals surface area contributed by atoms with Crippen LogP contribution in [0, 0.1) is 0 Å². The maximum absolute atomic E-state index is 12.0. The molecule has 0 atom stereocenters. The second kappa shape index (κ2) is 8.85. The highest BCUT2D eigenvalue weighted by molar-refractivity contribution is 6.36. The summed E-state index contributed by atoms with van der Waals surface area (Å²) >= 11 is 17.8. The molecule has 0 bridgehead atoms. The summed E-state index contributed by atoms with van der Waals surface area (Å²) in [5, 5.41) is 7.69. The third-order valence-corrected chi connectivity index (χ3v) is 3.98. The van der Waals surface area contributed by atoms with Gasteiger partial charge in [-0.25, -0.2) is 5.43 Å². The Labute approximate surface area is 160 Å². The Morgan fingerprint density at radius 2 is 1.76 bits per heavy atom. The zero-order valence-corrected chi connectivity index (χ0v) is 15.4. The van der Waals surface area contributed by atoms with Crippen LogP contribution in [0.2, 0.25) is 15.1 Å². The van der Waals surface area contributed by atoms with Gasteiger partial charge in [0.05, 0.1) is 27.7 Å². The van der Waals surface area contributed by atoms with E-state index in [0.29, 0.717) is 32.0 Å². The number of hydrogen-bond acceptors (Lipinski definition) is 3. The number of benzene rings is 2. The van der Waals surface area contributed by atoms with Gasteiger partial charge in [-0.2, -0.15) is 5.10 Å². The van der Waals surface area contributed by atoms with Crippen LogP contribution < -0.4 is 10.7 Å². The van der Waals surface area contributed by atoms with Crippen LogP contribution in [0.5, 0.6) is 0 Å². The Morgan fingerprint density at radius 1 is 1.04 bits per heavy atom. The number of rotatable bonds is 5. The Kier molecular flexibility index (Phi) is 6.82. The first-order chi connectivity index (χ1) is 11.9. The molecule has 8 heteroatoms. The van der Waals surface area contributed by atoms with Crippen LogP contribution in [0.25, 0.3) is 0 Å². The van der Waals surface area contributed by atoms with Crippen molar-refractivity contribution >= 4 is 58.0 Å². The molecule has 2 rings (SSSR count). The predicted molar refractivity (Wildman–Crippen MR) is 102 cm³/mol. The summed E-state index contributed by atoms with van der Waals surface area (Å²) < 4.78 is 0. The normalized spacial score (nSPS) is 11.1. The smallest absolute Gasteiger partial charge is 0.272 e. The highest BCUT2D eigenvalue weighted by Crippen LogP contribution is 2.25. The second-order valence-electron chi connectivity index (χ2n) is 5.12. The van der Waals surface area contributed by atoms with E-state index >= 15 is 0 Å². The van der Waals surface area contributed by atoms with E-state index in [-0.39, 0.29) is 12.3 Å². The van der Waals surface area contributed by atoms with Gasteiger partial charge in [-0.3, -0.25) is 9.59 Å². The summed E-state index contributed by atoms with van der Waals surface area (Å²) in [6, 6.07) is 11.4. The lowest BCUT2D eigenvalue weighted by Crippen LogP contribution is -2.21. The Bertz CT molecular complexity index is 838. The second-order valence-corrected chi connectivity index (χ2v) is 6.37. The van der Waals surface area contributed by atoms with Gasteiger partial charge in [0.2, 0.25) is 5.91 Å². The first kappa shape index (κ1) is 19.2. The number of nitrogens with one attached hydrogen (secondary N) is 2. The minimum Gasteiger partial charge on any atom is -0.324 e. The van der Waals surface area contributed by atoms with Gasteiger partial charge in [0.1, 0.15) is 0 Å². The Balaban J connectivity index is 1.94. The average molecular weight is 399 g/mol. The molecule has 2 N–H and O–H groups in total. The number of hydrogen-bond donors (Lipinski definition) is 2. The van der Waals surface area contributed by atoms with Gasteiger partial charge in [-0.15, -0.1) is 0 Å². The minimum absolute atomic E-state index is 0.0222. The van der Waals surface area contributed by atoms with E-state index < -0.39 is 5.91 Å². The van der Waals surface area contributed by atoms with Crippen LogP contribution in [-0.2, 0) is 4.79 Å². The topological polar surface area (TPSA) is 70.6 Å².